The Morgan fingerprint density at radius 2 is 2.00 bits per heavy atom. The van der Waals surface area contributed by atoms with Gasteiger partial charge in [-0.2, -0.15) is 0 Å². The van der Waals surface area contributed by atoms with E-state index in [2.05, 4.69) is 6.92 Å². The lowest BCUT2D eigenvalue weighted by atomic mass is 10.0. The molecule has 0 amide bonds. The average Bonchev–Trinajstić information content (AvgIpc) is 2.18. The van der Waals surface area contributed by atoms with Crippen molar-refractivity contribution in [2.45, 2.75) is 25.8 Å². The molecule has 0 saturated carbocycles. The summed E-state index contributed by atoms with van der Waals surface area (Å²) in [7, 11) is 0. The van der Waals surface area contributed by atoms with Gasteiger partial charge in [-0.05, 0) is 24.5 Å². The van der Waals surface area contributed by atoms with Crippen molar-refractivity contribution in [3.05, 3.63) is 35.4 Å². The predicted octanol–water partition coefficient (Wildman–Crippen LogP) is 2.09. The van der Waals surface area contributed by atoms with E-state index in [4.69, 9.17) is 16.9 Å². The van der Waals surface area contributed by atoms with Crippen molar-refractivity contribution >= 4 is 30.6 Å². The highest BCUT2D eigenvalue weighted by Gasteiger charge is 2.02. The minimum atomic E-state index is 0. The lowest BCUT2D eigenvalue weighted by Crippen LogP contribution is -2.21. The van der Waals surface area contributed by atoms with E-state index >= 15 is 0 Å². The van der Waals surface area contributed by atoms with Crippen molar-refractivity contribution in [3.8, 4) is 0 Å². The number of nitrogen functional groups attached to an aromatic ring is 1. The van der Waals surface area contributed by atoms with Crippen LogP contribution in [0.4, 0.5) is 0 Å². The number of benzene rings is 1. The van der Waals surface area contributed by atoms with Gasteiger partial charge in [0.05, 0.1) is 0 Å². The Labute approximate surface area is 109 Å². The van der Waals surface area contributed by atoms with Crippen LogP contribution in [-0.2, 0) is 6.42 Å². The number of nitrogens with one attached hydrogen (secondary N) is 1. The van der Waals surface area contributed by atoms with Gasteiger partial charge in [0, 0.05) is 11.6 Å². The number of rotatable bonds is 4. The Kier molecular flexibility index (Phi) is 9.24. The van der Waals surface area contributed by atoms with Gasteiger partial charge in [0.2, 0.25) is 0 Å². The van der Waals surface area contributed by atoms with Gasteiger partial charge >= 0.3 is 0 Å². The summed E-state index contributed by atoms with van der Waals surface area (Å²) in [5.74, 6) is 0.108. The molecule has 0 radical (unpaired) electrons. The van der Waals surface area contributed by atoms with Crippen molar-refractivity contribution in [1.29, 1.82) is 5.41 Å². The molecule has 0 heterocycles. The molecule has 3 nitrogen and oxygen atoms in total. The molecule has 0 saturated heterocycles. The Morgan fingerprint density at radius 3 is 2.50 bits per heavy atom. The molecular weight excluding hydrogens is 245 g/mol. The quantitative estimate of drug-likeness (QED) is 0.575. The third-order valence-electron chi connectivity index (χ3n) is 2.26. The van der Waals surface area contributed by atoms with Crippen molar-refractivity contribution < 1.29 is 0 Å². The highest BCUT2D eigenvalue weighted by atomic mass is 35.5. The predicted molar refractivity (Wildman–Crippen MR) is 73.9 cm³/mol. The van der Waals surface area contributed by atoms with Crippen molar-refractivity contribution in [1.82, 2.24) is 0 Å². The van der Waals surface area contributed by atoms with E-state index in [0.717, 1.165) is 24.0 Å². The first-order valence-corrected chi connectivity index (χ1v) is 4.82. The second kappa shape index (κ2) is 8.39. The van der Waals surface area contributed by atoms with Crippen molar-refractivity contribution in [2.24, 2.45) is 11.5 Å². The summed E-state index contributed by atoms with van der Waals surface area (Å²) in [4.78, 5) is 0. The molecule has 0 aliphatic carbocycles. The van der Waals surface area contributed by atoms with Crippen LogP contribution in [0.25, 0.3) is 0 Å². The minimum Gasteiger partial charge on any atom is -0.384 e. The molecule has 1 atom stereocenters. The highest BCUT2D eigenvalue weighted by molar-refractivity contribution is 5.95. The highest BCUT2D eigenvalue weighted by Crippen LogP contribution is 2.07. The molecule has 1 unspecified atom stereocenters. The first kappa shape index (κ1) is 17.6. The molecule has 5 N–H and O–H groups in total. The van der Waals surface area contributed by atoms with Crippen LogP contribution in [0.1, 0.15) is 24.5 Å². The molecule has 0 bridgehead atoms. The molecule has 0 aliphatic rings. The van der Waals surface area contributed by atoms with Crippen LogP contribution in [0, 0.1) is 5.41 Å². The van der Waals surface area contributed by atoms with Gasteiger partial charge in [-0.1, -0.05) is 25.1 Å². The van der Waals surface area contributed by atoms with Gasteiger partial charge in [0.1, 0.15) is 5.84 Å². The van der Waals surface area contributed by atoms with Crippen LogP contribution >= 0.6 is 24.8 Å². The van der Waals surface area contributed by atoms with Gasteiger partial charge in [0.25, 0.3) is 0 Å². The summed E-state index contributed by atoms with van der Waals surface area (Å²) in [6.07, 6.45) is 1.81. The minimum absolute atomic E-state index is 0. The van der Waals surface area contributed by atoms with Gasteiger partial charge in [0.15, 0.2) is 0 Å². The number of halogens is 2. The second-order valence-corrected chi connectivity index (χ2v) is 3.49. The van der Waals surface area contributed by atoms with E-state index in [1.165, 1.54) is 0 Å². The Bertz CT molecular complexity index is 329. The smallest absolute Gasteiger partial charge is 0.122 e. The fraction of sp³-hybridized carbons (Fsp3) is 0.364. The van der Waals surface area contributed by atoms with Crippen LogP contribution in [0.15, 0.2) is 24.3 Å². The molecule has 1 aromatic carbocycles. The van der Waals surface area contributed by atoms with Crippen LogP contribution in [0.5, 0.6) is 0 Å². The topological polar surface area (TPSA) is 75.9 Å². The normalized spacial score (nSPS) is 10.9. The zero-order valence-electron chi connectivity index (χ0n) is 9.27. The van der Waals surface area contributed by atoms with E-state index in [1.54, 1.807) is 0 Å². The van der Waals surface area contributed by atoms with E-state index in [1.807, 2.05) is 24.3 Å². The molecule has 0 aromatic heterocycles. The van der Waals surface area contributed by atoms with Gasteiger partial charge in [-0.15, -0.1) is 24.8 Å². The number of amidine groups is 1. The molecule has 5 heteroatoms. The van der Waals surface area contributed by atoms with Crippen LogP contribution < -0.4 is 11.5 Å². The Morgan fingerprint density at radius 1 is 1.38 bits per heavy atom. The van der Waals surface area contributed by atoms with Crippen LogP contribution in [0.3, 0.4) is 0 Å². The summed E-state index contributed by atoms with van der Waals surface area (Å²) in [6, 6.07) is 7.88. The first-order chi connectivity index (χ1) is 6.63. The third-order valence-corrected chi connectivity index (χ3v) is 2.26. The molecule has 0 spiro atoms. The SMILES string of the molecule is CCC(N)Cc1cccc(C(=N)N)c1.Cl.Cl. The molecule has 1 aromatic rings. The van der Waals surface area contributed by atoms with Gasteiger partial charge in [-0.25, -0.2) is 0 Å². The third kappa shape index (κ3) is 5.35. The number of nitrogens with two attached hydrogens (primary N) is 2. The number of hydrogen-bond acceptors (Lipinski definition) is 2. The van der Waals surface area contributed by atoms with Gasteiger partial charge in [-0.3, -0.25) is 5.41 Å². The maximum absolute atomic E-state index is 7.31. The maximum atomic E-state index is 7.31. The average molecular weight is 264 g/mol. The fourth-order valence-electron chi connectivity index (χ4n) is 1.31. The lowest BCUT2D eigenvalue weighted by Gasteiger charge is -2.09. The van der Waals surface area contributed by atoms with Crippen LogP contribution in [0.2, 0.25) is 0 Å². The zero-order valence-corrected chi connectivity index (χ0v) is 10.9. The fourth-order valence-corrected chi connectivity index (χ4v) is 1.31. The second-order valence-electron chi connectivity index (χ2n) is 3.49. The molecule has 1 rings (SSSR count). The Hall–Kier alpha value is -0.770. The standard InChI is InChI=1S/C11H17N3.2ClH/c1-2-10(12)7-8-4-3-5-9(6-8)11(13)14;;/h3-6,10H,2,7,12H2,1H3,(H3,13,14);2*1H. The molecule has 0 aliphatic heterocycles. The zero-order chi connectivity index (χ0) is 10.6. The van der Waals surface area contributed by atoms with E-state index < -0.39 is 0 Å². The molecule has 0 fully saturated rings. The van der Waals surface area contributed by atoms with E-state index in [9.17, 15) is 0 Å². The maximum Gasteiger partial charge on any atom is 0.122 e. The van der Waals surface area contributed by atoms with E-state index in [0.29, 0.717) is 0 Å². The molecule has 92 valence electrons. The molecule has 16 heavy (non-hydrogen) atoms. The van der Waals surface area contributed by atoms with Gasteiger partial charge < -0.3 is 11.5 Å². The molecular formula is C11H19Cl2N3. The summed E-state index contributed by atoms with van der Waals surface area (Å²) < 4.78 is 0. The summed E-state index contributed by atoms with van der Waals surface area (Å²) in [5, 5.41) is 7.31. The van der Waals surface area contributed by atoms with Crippen LogP contribution in [-0.4, -0.2) is 11.9 Å². The largest absolute Gasteiger partial charge is 0.384 e. The summed E-state index contributed by atoms with van der Waals surface area (Å²) in [6.45, 7) is 2.07. The Balaban J connectivity index is 0. The monoisotopic (exact) mass is 263 g/mol. The van der Waals surface area contributed by atoms with Crippen molar-refractivity contribution in [2.75, 3.05) is 0 Å². The lowest BCUT2D eigenvalue weighted by molar-refractivity contribution is 0.646. The van der Waals surface area contributed by atoms with E-state index in [-0.39, 0.29) is 36.7 Å². The first-order valence-electron chi connectivity index (χ1n) is 4.82. The number of hydrogen-bond donors (Lipinski definition) is 3. The van der Waals surface area contributed by atoms with Crippen molar-refractivity contribution in [3.63, 3.8) is 0 Å². The summed E-state index contributed by atoms with van der Waals surface area (Å²) in [5.41, 5.74) is 13.2. The summed E-state index contributed by atoms with van der Waals surface area (Å²) >= 11 is 0.